The van der Waals surface area contributed by atoms with Gasteiger partial charge in [0.25, 0.3) is 11.8 Å². The van der Waals surface area contributed by atoms with Gasteiger partial charge >= 0.3 is 6.03 Å². The number of likely N-dealkylation sites (tertiary alicyclic amines) is 1. The van der Waals surface area contributed by atoms with Crippen molar-refractivity contribution in [1.29, 1.82) is 0 Å². The molecule has 2 atom stereocenters. The highest BCUT2D eigenvalue weighted by atomic mass is 16.5. The van der Waals surface area contributed by atoms with E-state index in [4.69, 9.17) is 4.74 Å². The highest BCUT2D eigenvalue weighted by Gasteiger charge is 2.55. The second kappa shape index (κ2) is 8.78. The van der Waals surface area contributed by atoms with Gasteiger partial charge in [0.05, 0.1) is 23.7 Å². The number of fused-ring (bicyclic) bond motifs is 1. The molecule has 3 aliphatic heterocycles. The molecule has 2 N–H and O–H groups in total. The van der Waals surface area contributed by atoms with Crippen LogP contribution in [0.2, 0.25) is 0 Å². The largest absolute Gasteiger partial charge is 0.376 e. The summed E-state index contributed by atoms with van der Waals surface area (Å²) < 4.78 is 5.66. The third-order valence-corrected chi connectivity index (χ3v) is 7.33. The Balaban J connectivity index is 1.28. The fourth-order valence-electron chi connectivity index (χ4n) is 5.63. The predicted molar refractivity (Wildman–Crippen MR) is 122 cm³/mol. The number of urea groups is 1. The van der Waals surface area contributed by atoms with Gasteiger partial charge in [0.15, 0.2) is 5.82 Å². The van der Waals surface area contributed by atoms with Gasteiger partial charge in [-0.05, 0) is 50.2 Å². The van der Waals surface area contributed by atoms with Crippen LogP contribution in [-0.4, -0.2) is 75.5 Å². The first-order valence-corrected chi connectivity index (χ1v) is 12.0. The molecule has 3 saturated heterocycles. The number of para-hydroxylation sites is 2. The Bertz CT molecular complexity index is 1020. The molecule has 0 bridgehead atoms. The van der Waals surface area contributed by atoms with Crippen LogP contribution in [0.4, 0.5) is 4.79 Å². The molecule has 1 aromatic heterocycles. The van der Waals surface area contributed by atoms with Crippen LogP contribution in [0.5, 0.6) is 0 Å². The van der Waals surface area contributed by atoms with Crippen LogP contribution in [0, 0.1) is 5.92 Å². The standard InChI is InChI=1S/C24H31N5O4/c1-2-11-24(22(31)29(23(32)27-24)15-17-6-5-14-33-17)16-9-12-28(13-10-16)21(30)20-25-18-7-3-4-8-19(18)26-20/h3-4,7-8,16-17H,2,5-6,9-15H2,1H3,(H,25,26)(H,27,32). The molecule has 0 radical (unpaired) electrons. The summed E-state index contributed by atoms with van der Waals surface area (Å²) in [5.41, 5.74) is 0.713. The molecule has 0 aliphatic carbocycles. The molecule has 4 heterocycles. The quantitative estimate of drug-likeness (QED) is 0.654. The maximum atomic E-state index is 13.5. The van der Waals surface area contributed by atoms with Crippen LogP contribution in [0.15, 0.2) is 24.3 Å². The molecular formula is C24H31N5O4. The number of aromatic amines is 1. The summed E-state index contributed by atoms with van der Waals surface area (Å²) in [6.45, 7) is 4.09. The highest BCUT2D eigenvalue weighted by molar-refractivity contribution is 6.07. The highest BCUT2D eigenvalue weighted by Crippen LogP contribution is 2.37. The van der Waals surface area contributed by atoms with Gasteiger partial charge < -0.3 is 19.9 Å². The van der Waals surface area contributed by atoms with Crippen LogP contribution < -0.4 is 5.32 Å². The molecule has 5 rings (SSSR count). The van der Waals surface area contributed by atoms with Crippen molar-refractivity contribution in [2.75, 3.05) is 26.2 Å². The molecule has 9 heteroatoms. The van der Waals surface area contributed by atoms with E-state index >= 15 is 0 Å². The van der Waals surface area contributed by atoms with Crippen LogP contribution in [0.1, 0.15) is 56.1 Å². The lowest BCUT2D eigenvalue weighted by Gasteiger charge is -2.40. The first-order valence-electron chi connectivity index (χ1n) is 12.0. The minimum Gasteiger partial charge on any atom is -0.376 e. The number of imide groups is 1. The number of carbonyl (C=O) groups excluding carboxylic acids is 3. The minimum atomic E-state index is -0.890. The summed E-state index contributed by atoms with van der Waals surface area (Å²) in [6, 6.07) is 7.26. The number of nitrogens with one attached hydrogen (secondary N) is 2. The molecule has 3 aliphatic rings. The number of imidazole rings is 1. The van der Waals surface area contributed by atoms with E-state index in [-0.39, 0.29) is 29.9 Å². The number of amides is 4. The number of hydrogen-bond acceptors (Lipinski definition) is 5. The number of piperidine rings is 1. The first kappa shape index (κ1) is 21.9. The minimum absolute atomic E-state index is 0.0110. The van der Waals surface area contributed by atoms with Gasteiger partial charge in [-0.15, -0.1) is 0 Å². The molecule has 4 amide bonds. The monoisotopic (exact) mass is 453 g/mol. The lowest BCUT2D eigenvalue weighted by atomic mass is 9.74. The van der Waals surface area contributed by atoms with Crippen molar-refractivity contribution < 1.29 is 19.1 Å². The van der Waals surface area contributed by atoms with Crippen molar-refractivity contribution >= 4 is 28.9 Å². The van der Waals surface area contributed by atoms with Gasteiger partial charge in [-0.1, -0.05) is 25.5 Å². The third-order valence-electron chi connectivity index (χ3n) is 7.33. The Morgan fingerprint density at radius 1 is 1.21 bits per heavy atom. The van der Waals surface area contributed by atoms with E-state index in [0.29, 0.717) is 51.3 Å². The molecule has 33 heavy (non-hydrogen) atoms. The van der Waals surface area contributed by atoms with E-state index in [1.807, 2.05) is 31.2 Å². The molecule has 0 spiro atoms. The Labute approximate surface area is 192 Å². The predicted octanol–water partition coefficient (Wildman–Crippen LogP) is 2.68. The summed E-state index contributed by atoms with van der Waals surface area (Å²) in [5, 5.41) is 3.07. The zero-order valence-electron chi connectivity index (χ0n) is 19.0. The van der Waals surface area contributed by atoms with Crippen molar-refractivity contribution in [3.05, 3.63) is 30.1 Å². The number of carbonyl (C=O) groups is 3. The van der Waals surface area contributed by atoms with Crippen molar-refractivity contribution in [3.63, 3.8) is 0 Å². The SMILES string of the molecule is CCCC1(C2CCN(C(=O)c3nc4ccccc4[nH]3)CC2)NC(=O)N(CC2CCCO2)C1=O. The number of aromatic nitrogens is 2. The number of rotatable bonds is 6. The molecule has 2 aromatic rings. The summed E-state index contributed by atoms with van der Waals surface area (Å²) in [5.74, 6) is 0.0666. The maximum absolute atomic E-state index is 13.5. The molecule has 9 nitrogen and oxygen atoms in total. The Morgan fingerprint density at radius 3 is 2.70 bits per heavy atom. The van der Waals surface area contributed by atoms with E-state index in [1.165, 1.54) is 4.90 Å². The Hall–Kier alpha value is -2.94. The summed E-state index contributed by atoms with van der Waals surface area (Å²) in [6.07, 6.45) is 4.48. The van der Waals surface area contributed by atoms with Gasteiger partial charge in [0.2, 0.25) is 0 Å². The zero-order valence-corrected chi connectivity index (χ0v) is 19.0. The van der Waals surface area contributed by atoms with Gasteiger partial charge in [-0.2, -0.15) is 0 Å². The van der Waals surface area contributed by atoms with Gasteiger partial charge in [-0.25, -0.2) is 9.78 Å². The number of nitrogens with zero attached hydrogens (tertiary/aromatic N) is 3. The molecular weight excluding hydrogens is 422 g/mol. The smallest absolute Gasteiger partial charge is 0.325 e. The van der Waals surface area contributed by atoms with Crippen LogP contribution in [-0.2, 0) is 9.53 Å². The lowest BCUT2D eigenvalue weighted by Crippen LogP contribution is -2.56. The summed E-state index contributed by atoms with van der Waals surface area (Å²) in [7, 11) is 0. The van der Waals surface area contributed by atoms with Crippen LogP contribution in [0.25, 0.3) is 11.0 Å². The average molecular weight is 454 g/mol. The molecule has 2 unspecified atom stereocenters. The Morgan fingerprint density at radius 2 is 2.00 bits per heavy atom. The normalized spacial score (nSPS) is 26.4. The number of benzene rings is 1. The molecule has 176 valence electrons. The number of hydrogen-bond donors (Lipinski definition) is 2. The third kappa shape index (κ3) is 3.88. The summed E-state index contributed by atoms with van der Waals surface area (Å²) >= 11 is 0. The van der Waals surface area contributed by atoms with Gasteiger partial charge in [0, 0.05) is 19.7 Å². The van der Waals surface area contributed by atoms with Gasteiger partial charge in [0.1, 0.15) is 5.54 Å². The molecule has 1 aromatic carbocycles. The van der Waals surface area contributed by atoms with E-state index in [9.17, 15) is 14.4 Å². The average Bonchev–Trinajstić information content (AvgIpc) is 3.55. The van der Waals surface area contributed by atoms with Crippen LogP contribution in [0.3, 0.4) is 0 Å². The number of H-pyrrole nitrogens is 1. The first-order chi connectivity index (χ1) is 16.0. The molecule has 3 fully saturated rings. The van der Waals surface area contributed by atoms with E-state index in [1.54, 1.807) is 4.90 Å². The Kier molecular flexibility index (Phi) is 5.82. The van der Waals surface area contributed by atoms with E-state index in [2.05, 4.69) is 15.3 Å². The summed E-state index contributed by atoms with van der Waals surface area (Å²) in [4.78, 5) is 50.1. The fraction of sp³-hybridized carbons (Fsp3) is 0.583. The number of ether oxygens (including phenoxy) is 1. The molecule has 0 saturated carbocycles. The van der Waals surface area contributed by atoms with Crippen LogP contribution >= 0.6 is 0 Å². The van der Waals surface area contributed by atoms with Crippen molar-refractivity contribution in [3.8, 4) is 0 Å². The fourth-order valence-corrected chi connectivity index (χ4v) is 5.63. The van der Waals surface area contributed by atoms with E-state index in [0.717, 1.165) is 30.3 Å². The topological polar surface area (TPSA) is 108 Å². The second-order valence-corrected chi connectivity index (χ2v) is 9.37. The maximum Gasteiger partial charge on any atom is 0.325 e. The van der Waals surface area contributed by atoms with Crippen molar-refractivity contribution in [2.45, 2.75) is 57.1 Å². The van der Waals surface area contributed by atoms with Gasteiger partial charge in [-0.3, -0.25) is 14.5 Å². The lowest BCUT2D eigenvalue weighted by molar-refractivity contribution is -0.135. The van der Waals surface area contributed by atoms with E-state index < -0.39 is 5.54 Å². The van der Waals surface area contributed by atoms with Crippen molar-refractivity contribution in [2.24, 2.45) is 5.92 Å². The second-order valence-electron chi connectivity index (χ2n) is 9.37. The zero-order chi connectivity index (χ0) is 23.0. The van der Waals surface area contributed by atoms with Crippen molar-refractivity contribution in [1.82, 2.24) is 25.1 Å².